The second-order valence-electron chi connectivity index (χ2n) is 1.73. The van der Waals surface area contributed by atoms with Gasteiger partial charge in [-0.25, -0.2) is 0 Å². The number of aliphatic hydroxyl groups is 2. The van der Waals surface area contributed by atoms with Gasteiger partial charge in [0.15, 0.2) is 0 Å². The van der Waals surface area contributed by atoms with E-state index in [9.17, 15) is 0 Å². The summed E-state index contributed by atoms with van der Waals surface area (Å²) in [5, 5.41) is 16.0. The molecule has 0 aliphatic rings. The zero-order valence-electron chi connectivity index (χ0n) is 6.29. The molecule has 4 heteroatoms. The molecule has 0 aromatic carbocycles. The molecule has 0 saturated carbocycles. The number of rotatable bonds is 4. The molecule has 64 valence electrons. The Morgan fingerprint density at radius 1 is 0.800 bits per heavy atom. The van der Waals surface area contributed by atoms with Crippen molar-refractivity contribution < 1.29 is 10.2 Å². The van der Waals surface area contributed by atoms with E-state index in [1.54, 1.807) is 0 Å². The van der Waals surface area contributed by atoms with E-state index in [0.717, 1.165) is 12.8 Å². The van der Waals surface area contributed by atoms with E-state index in [1.165, 1.54) is 0 Å². The Morgan fingerprint density at radius 2 is 1.10 bits per heavy atom. The van der Waals surface area contributed by atoms with E-state index < -0.39 is 0 Å². The highest BCUT2D eigenvalue weighted by Crippen LogP contribution is 1.62. The summed E-state index contributed by atoms with van der Waals surface area (Å²) in [5.74, 6) is 0. The van der Waals surface area contributed by atoms with Crippen molar-refractivity contribution in [1.29, 1.82) is 0 Å². The molecule has 0 fully saturated rings. The van der Waals surface area contributed by atoms with Gasteiger partial charge in [-0.1, -0.05) is 0 Å². The minimum absolute atomic E-state index is 0.219. The first-order valence-corrected chi connectivity index (χ1v) is 3.45. The van der Waals surface area contributed by atoms with Gasteiger partial charge >= 0.3 is 0 Å². The number of nitrogens with two attached hydrogens (primary N) is 2. The second-order valence-corrected chi connectivity index (χ2v) is 1.73. The molecule has 0 unspecified atom stereocenters. The van der Waals surface area contributed by atoms with Gasteiger partial charge in [-0.3, -0.25) is 0 Å². The van der Waals surface area contributed by atoms with Crippen LogP contribution in [-0.4, -0.2) is 36.5 Å². The molecule has 0 aliphatic carbocycles. The first-order valence-electron chi connectivity index (χ1n) is 3.45. The maximum absolute atomic E-state index is 7.99. The van der Waals surface area contributed by atoms with Gasteiger partial charge in [-0.2, -0.15) is 0 Å². The highest BCUT2D eigenvalue weighted by molar-refractivity contribution is 4.29. The molecule has 0 atom stereocenters. The van der Waals surface area contributed by atoms with Gasteiger partial charge in [0.05, 0.1) is 0 Å². The third-order valence-electron chi connectivity index (χ3n) is 0.724. The van der Waals surface area contributed by atoms with Crippen LogP contribution in [0.4, 0.5) is 0 Å². The van der Waals surface area contributed by atoms with E-state index in [4.69, 9.17) is 21.7 Å². The Labute approximate surface area is 61.8 Å². The molecule has 0 aliphatic heterocycles. The minimum atomic E-state index is 0.219. The van der Waals surface area contributed by atoms with Crippen molar-refractivity contribution in [2.45, 2.75) is 12.8 Å². The third kappa shape index (κ3) is 24.9. The van der Waals surface area contributed by atoms with E-state index in [2.05, 4.69) is 0 Å². The van der Waals surface area contributed by atoms with Crippen molar-refractivity contribution in [3.8, 4) is 0 Å². The SMILES string of the molecule is NCCCO.NCCCO. The quantitative estimate of drug-likeness (QED) is 0.399. The van der Waals surface area contributed by atoms with Gasteiger partial charge in [-0.15, -0.1) is 0 Å². The van der Waals surface area contributed by atoms with Crippen molar-refractivity contribution in [2.75, 3.05) is 26.3 Å². The summed E-state index contributed by atoms with van der Waals surface area (Å²) >= 11 is 0. The van der Waals surface area contributed by atoms with Crippen molar-refractivity contribution in [1.82, 2.24) is 0 Å². The van der Waals surface area contributed by atoms with Crippen LogP contribution in [0, 0.1) is 0 Å². The summed E-state index contributed by atoms with van der Waals surface area (Å²) in [4.78, 5) is 0. The molecule has 0 radical (unpaired) electrons. The first-order chi connectivity index (χ1) is 4.83. The summed E-state index contributed by atoms with van der Waals surface area (Å²) in [6.07, 6.45) is 1.44. The van der Waals surface area contributed by atoms with E-state index >= 15 is 0 Å². The van der Waals surface area contributed by atoms with E-state index in [0.29, 0.717) is 13.1 Å². The molecule has 0 rings (SSSR count). The van der Waals surface area contributed by atoms with Gasteiger partial charge in [0.1, 0.15) is 0 Å². The molecule has 0 aromatic rings. The zero-order chi connectivity index (χ0) is 8.24. The Bertz CT molecular complexity index is 34.7. The molecule has 4 nitrogen and oxygen atoms in total. The fourth-order valence-corrected chi connectivity index (χ4v) is 0.183. The van der Waals surface area contributed by atoms with E-state index in [-0.39, 0.29) is 13.2 Å². The lowest BCUT2D eigenvalue weighted by molar-refractivity contribution is 0.290. The van der Waals surface area contributed by atoms with Gasteiger partial charge < -0.3 is 21.7 Å². The molecule has 0 aromatic heterocycles. The second kappa shape index (κ2) is 15.9. The molecule has 10 heavy (non-hydrogen) atoms. The van der Waals surface area contributed by atoms with E-state index in [1.807, 2.05) is 0 Å². The normalized spacial score (nSPS) is 8.40. The lowest BCUT2D eigenvalue weighted by Gasteiger charge is -1.80. The van der Waals surface area contributed by atoms with Gasteiger partial charge in [-0.05, 0) is 25.9 Å². The maximum Gasteiger partial charge on any atom is 0.0443 e. The fourth-order valence-electron chi connectivity index (χ4n) is 0.183. The summed E-state index contributed by atoms with van der Waals surface area (Å²) in [6.45, 7) is 1.62. The Balaban J connectivity index is 0. The molecule has 0 bridgehead atoms. The van der Waals surface area contributed by atoms with Crippen LogP contribution in [0.2, 0.25) is 0 Å². The van der Waals surface area contributed by atoms with Crippen LogP contribution in [0.5, 0.6) is 0 Å². The van der Waals surface area contributed by atoms with Crippen LogP contribution in [0.3, 0.4) is 0 Å². The topological polar surface area (TPSA) is 92.5 Å². The van der Waals surface area contributed by atoms with Crippen LogP contribution in [0.15, 0.2) is 0 Å². The average Bonchev–Trinajstić information content (AvgIpc) is 1.93. The standard InChI is InChI=1S/2C3H9NO/c2*4-2-1-3-5/h2*5H,1-4H2. The van der Waals surface area contributed by atoms with Gasteiger partial charge in [0.25, 0.3) is 0 Å². The van der Waals surface area contributed by atoms with Gasteiger partial charge in [0, 0.05) is 13.2 Å². The Morgan fingerprint density at radius 3 is 1.10 bits per heavy atom. The smallest absolute Gasteiger partial charge is 0.0443 e. The number of hydrogen-bond acceptors (Lipinski definition) is 4. The molecular formula is C6H18N2O2. The average molecular weight is 150 g/mol. The molecule has 0 saturated heterocycles. The summed E-state index contributed by atoms with van der Waals surface area (Å²) in [7, 11) is 0. The zero-order valence-corrected chi connectivity index (χ0v) is 6.29. The fraction of sp³-hybridized carbons (Fsp3) is 1.00. The molecule has 0 heterocycles. The predicted molar refractivity (Wildman–Crippen MR) is 41.5 cm³/mol. The largest absolute Gasteiger partial charge is 0.396 e. The number of aliphatic hydroxyl groups excluding tert-OH is 2. The third-order valence-corrected chi connectivity index (χ3v) is 0.724. The monoisotopic (exact) mass is 150 g/mol. The highest BCUT2D eigenvalue weighted by Gasteiger charge is 1.69. The van der Waals surface area contributed by atoms with Crippen LogP contribution in [0.25, 0.3) is 0 Å². The van der Waals surface area contributed by atoms with Crippen LogP contribution < -0.4 is 11.5 Å². The van der Waals surface area contributed by atoms with Crippen molar-refractivity contribution in [2.24, 2.45) is 11.5 Å². The summed E-state index contributed by atoms with van der Waals surface area (Å²) < 4.78 is 0. The van der Waals surface area contributed by atoms with Crippen LogP contribution >= 0.6 is 0 Å². The van der Waals surface area contributed by atoms with Crippen LogP contribution in [-0.2, 0) is 0 Å². The van der Waals surface area contributed by atoms with Crippen molar-refractivity contribution in [3.05, 3.63) is 0 Å². The first kappa shape index (κ1) is 12.5. The van der Waals surface area contributed by atoms with Crippen molar-refractivity contribution >= 4 is 0 Å². The van der Waals surface area contributed by atoms with Crippen molar-refractivity contribution in [3.63, 3.8) is 0 Å². The van der Waals surface area contributed by atoms with Gasteiger partial charge in [0.2, 0.25) is 0 Å². The minimum Gasteiger partial charge on any atom is -0.396 e. The van der Waals surface area contributed by atoms with Crippen LogP contribution in [0.1, 0.15) is 12.8 Å². The maximum atomic E-state index is 7.99. The predicted octanol–water partition coefficient (Wildman–Crippen LogP) is -1.34. The lowest BCUT2D eigenvalue weighted by Crippen LogP contribution is -1.99. The highest BCUT2D eigenvalue weighted by atomic mass is 16.3. The Kier molecular flexibility index (Phi) is 19.9. The summed E-state index contributed by atoms with van der Waals surface area (Å²) in [6, 6.07) is 0. The Hall–Kier alpha value is -0.160. The lowest BCUT2D eigenvalue weighted by atomic mass is 10.5. The number of hydrogen-bond donors (Lipinski definition) is 4. The summed E-state index contributed by atoms with van der Waals surface area (Å²) in [5.41, 5.74) is 9.96. The molecule has 0 spiro atoms. The molecule has 0 amide bonds. The molecular weight excluding hydrogens is 132 g/mol. The molecule has 6 N–H and O–H groups in total.